The van der Waals surface area contributed by atoms with E-state index >= 15 is 0 Å². The Hall–Kier alpha value is -4.14. The molecule has 1 aliphatic rings. The number of piperidine rings is 1. The number of nitrogens with zero attached hydrogens (tertiary/aromatic N) is 1. The van der Waals surface area contributed by atoms with E-state index in [2.05, 4.69) is 16.0 Å². The van der Waals surface area contributed by atoms with E-state index in [1.807, 2.05) is 24.3 Å². The smallest absolute Gasteiger partial charge is 0.349 e. The van der Waals surface area contributed by atoms with Crippen LogP contribution in [0.3, 0.4) is 0 Å². The fraction of sp³-hybridized carbons (Fsp3) is 0.321. The highest BCUT2D eigenvalue weighted by Gasteiger charge is 2.29. The molecule has 2 amide bonds. The molecular formula is C28H32N4O8S2. The van der Waals surface area contributed by atoms with E-state index in [0.29, 0.717) is 48.6 Å². The number of thiophene rings is 1. The highest BCUT2D eigenvalue weighted by atomic mass is 32.2. The number of ether oxygens (including phenoxy) is 1. The highest BCUT2D eigenvalue weighted by Crippen LogP contribution is 2.37. The molecule has 4 rings (SSSR count). The van der Waals surface area contributed by atoms with Crippen LogP contribution in [0.1, 0.15) is 35.0 Å². The van der Waals surface area contributed by atoms with Crippen LogP contribution in [0.2, 0.25) is 0 Å². The van der Waals surface area contributed by atoms with Gasteiger partial charge in [0.2, 0.25) is 10.0 Å². The molecule has 5 N–H and O–H groups in total. The van der Waals surface area contributed by atoms with Gasteiger partial charge in [-0.1, -0.05) is 30.3 Å². The van der Waals surface area contributed by atoms with E-state index in [1.165, 1.54) is 10.4 Å². The van der Waals surface area contributed by atoms with Crippen molar-refractivity contribution in [3.63, 3.8) is 0 Å². The fourth-order valence-electron chi connectivity index (χ4n) is 4.57. The summed E-state index contributed by atoms with van der Waals surface area (Å²) >= 11 is 0.992. The lowest BCUT2D eigenvalue weighted by Gasteiger charge is -2.32. The van der Waals surface area contributed by atoms with Crippen LogP contribution in [-0.4, -0.2) is 73.2 Å². The Morgan fingerprint density at radius 2 is 1.79 bits per heavy atom. The van der Waals surface area contributed by atoms with Crippen molar-refractivity contribution in [2.45, 2.75) is 31.6 Å². The third-order valence-electron chi connectivity index (χ3n) is 6.55. The third-order valence-corrected chi connectivity index (χ3v) is 9.53. The second kappa shape index (κ2) is 13.7. The number of rotatable bonds is 12. The Bertz CT molecular complexity index is 1550. The molecule has 0 radical (unpaired) electrons. The Morgan fingerprint density at radius 1 is 1.05 bits per heavy atom. The van der Waals surface area contributed by atoms with E-state index in [9.17, 15) is 27.9 Å². The van der Waals surface area contributed by atoms with Crippen LogP contribution in [0.5, 0.6) is 5.75 Å². The SMILES string of the molecule is CCNC(=O)Nc1ccccc1CS(=O)(=O)N1CCC(Nc2cccc(-c3cc(OCC(=O)O)c(C(=O)O)s3)c2)CC1. The maximum absolute atomic E-state index is 13.2. The first kappa shape index (κ1) is 30.8. The quantitative estimate of drug-likeness (QED) is 0.200. The van der Waals surface area contributed by atoms with Crippen LogP contribution in [0.4, 0.5) is 16.2 Å². The van der Waals surface area contributed by atoms with Gasteiger partial charge in [0.15, 0.2) is 11.5 Å². The van der Waals surface area contributed by atoms with Gasteiger partial charge in [-0.15, -0.1) is 11.3 Å². The maximum atomic E-state index is 13.2. The Labute approximate surface area is 247 Å². The van der Waals surface area contributed by atoms with E-state index < -0.39 is 34.6 Å². The lowest BCUT2D eigenvalue weighted by atomic mass is 10.1. The summed E-state index contributed by atoms with van der Waals surface area (Å²) in [7, 11) is -3.63. The van der Waals surface area contributed by atoms with Crippen LogP contribution in [0, 0.1) is 0 Å². The number of hydrogen-bond acceptors (Lipinski definition) is 8. The molecule has 0 aliphatic carbocycles. The minimum atomic E-state index is -3.63. The number of anilines is 2. The largest absolute Gasteiger partial charge is 0.480 e. The van der Waals surface area contributed by atoms with Crippen molar-refractivity contribution in [3.8, 4) is 16.2 Å². The van der Waals surface area contributed by atoms with Crippen molar-refractivity contribution in [1.29, 1.82) is 0 Å². The number of aliphatic carboxylic acids is 1. The van der Waals surface area contributed by atoms with E-state index in [0.717, 1.165) is 22.6 Å². The molecule has 1 aromatic heterocycles. The topological polar surface area (TPSA) is 174 Å². The number of carboxylic acids is 2. The Morgan fingerprint density at radius 3 is 2.48 bits per heavy atom. The van der Waals surface area contributed by atoms with Gasteiger partial charge in [-0.25, -0.2) is 27.1 Å². The normalized spacial score (nSPS) is 14.2. The molecule has 14 heteroatoms. The molecule has 2 aromatic carbocycles. The second-order valence-electron chi connectivity index (χ2n) is 9.59. The van der Waals surface area contributed by atoms with Gasteiger partial charge in [-0.2, -0.15) is 0 Å². The first-order valence-corrected chi connectivity index (χ1v) is 15.7. The number of sulfonamides is 1. The predicted molar refractivity (Wildman–Crippen MR) is 160 cm³/mol. The summed E-state index contributed by atoms with van der Waals surface area (Å²) in [5.74, 6) is -2.64. The summed E-state index contributed by atoms with van der Waals surface area (Å²) in [5, 5.41) is 27.2. The molecule has 0 spiro atoms. The number of aromatic carboxylic acids is 1. The zero-order chi connectivity index (χ0) is 30.3. The molecule has 1 saturated heterocycles. The van der Waals surface area contributed by atoms with Gasteiger partial charge in [-0.3, -0.25) is 0 Å². The minimum Gasteiger partial charge on any atom is -0.480 e. The van der Waals surface area contributed by atoms with Crippen LogP contribution >= 0.6 is 11.3 Å². The molecule has 42 heavy (non-hydrogen) atoms. The molecule has 3 aromatic rings. The van der Waals surface area contributed by atoms with E-state index in [1.54, 1.807) is 31.2 Å². The number of carboxylic acid groups (broad SMARTS) is 2. The van der Waals surface area contributed by atoms with Gasteiger partial charge in [-0.05, 0) is 55.2 Å². The molecule has 12 nitrogen and oxygen atoms in total. The number of hydrogen-bond donors (Lipinski definition) is 5. The summed E-state index contributed by atoms with van der Waals surface area (Å²) in [6.07, 6.45) is 1.16. The van der Waals surface area contributed by atoms with Crippen LogP contribution in [0.15, 0.2) is 54.6 Å². The number of amides is 2. The second-order valence-corrected chi connectivity index (χ2v) is 12.6. The molecule has 1 aliphatic heterocycles. The predicted octanol–water partition coefficient (Wildman–Crippen LogP) is 4.12. The first-order chi connectivity index (χ1) is 20.1. The third kappa shape index (κ3) is 7.99. The van der Waals surface area contributed by atoms with Crippen LogP contribution in [0.25, 0.3) is 10.4 Å². The number of benzene rings is 2. The maximum Gasteiger partial charge on any atom is 0.349 e. The van der Waals surface area contributed by atoms with Gasteiger partial charge < -0.3 is 30.9 Å². The van der Waals surface area contributed by atoms with Crippen molar-refractivity contribution in [1.82, 2.24) is 9.62 Å². The molecule has 0 atom stereocenters. The molecule has 1 fully saturated rings. The highest BCUT2D eigenvalue weighted by molar-refractivity contribution is 7.88. The molecule has 2 heterocycles. The van der Waals surface area contributed by atoms with Crippen molar-refractivity contribution in [2.75, 3.05) is 36.9 Å². The monoisotopic (exact) mass is 616 g/mol. The Kier molecular flexibility index (Phi) is 10.0. The summed E-state index contributed by atoms with van der Waals surface area (Å²) in [6.45, 7) is 2.27. The van der Waals surface area contributed by atoms with Crippen molar-refractivity contribution in [2.24, 2.45) is 0 Å². The van der Waals surface area contributed by atoms with Gasteiger partial charge in [0.1, 0.15) is 5.75 Å². The Balaban J connectivity index is 1.38. The number of para-hydroxylation sites is 1. The van der Waals surface area contributed by atoms with E-state index in [-0.39, 0.29) is 22.4 Å². The molecule has 0 unspecified atom stereocenters. The fourth-order valence-corrected chi connectivity index (χ4v) is 7.10. The number of urea groups is 1. The minimum absolute atomic E-state index is 0.000487. The molecular weight excluding hydrogens is 584 g/mol. The number of carbonyl (C=O) groups is 3. The first-order valence-electron chi connectivity index (χ1n) is 13.2. The van der Waals surface area contributed by atoms with Crippen molar-refractivity contribution < 1.29 is 37.8 Å². The zero-order valence-electron chi connectivity index (χ0n) is 22.8. The average Bonchev–Trinajstić information content (AvgIpc) is 3.38. The zero-order valence-corrected chi connectivity index (χ0v) is 24.5. The molecule has 0 bridgehead atoms. The van der Waals surface area contributed by atoms with Crippen molar-refractivity contribution >= 4 is 50.7 Å². The summed E-state index contributed by atoms with van der Waals surface area (Å²) in [4.78, 5) is 35.0. The lowest BCUT2D eigenvalue weighted by Crippen LogP contribution is -2.42. The van der Waals surface area contributed by atoms with Gasteiger partial charge >= 0.3 is 18.0 Å². The number of carbonyl (C=O) groups excluding carboxylic acids is 1. The summed E-state index contributed by atoms with van der Waals surface area (Å²) in [6, 6.07) is 15.3. The summed E-state index contributed by atoms with van der Waals surface area (Å²) in [5.41, 5.74) is 2.48. The average molecular weight is 617 g/mol. The van der Waals surface area contributed by atoms with Gasteiger partial charge in [0.05, 0.1) is 5.75 Å². The molecule has 224 valence electrons. The molecule has 0 saturated carbocycles. The summed E-state index contributed by atoms with van der Waals surface area (Å²) < 4.78 is 33.1. The van der Waals surface area contributed by atoms with Crippen molar-refractivity contribution in [3.05, 3.63) is 65.0 Å². The van der Waals surface area contributed by atoms with Crippen LogP contribution in [-0.2, 0) is 20.6 Å². The van der Waals surface area contributed by atoms with E-state index in [4.69, 9.17) is 9.84 Å². The number of nitrogens with one attached hydrogen (secondary N) is 3. The van der Waals surface area contributed by atoms with Gasteiger partial charge in [0.25, 0.3) is 0 Å². The standard InChI is InChI=1S/C28H32N4O8S2/c1-2-29-28(37)31-22-9-4-3-6-19(22)17-42(38,39)32-12-10-20(11-13-32)30-21-8-5-7-18(14-21)24-15-23(40-16-25(33)34)26(41-24)27(35)36/h3-9,14-15,20,30H,2,10-13,16-17H2,1H3,(H,33,34)(H,35,36)(H2,29,31,37). The van der Waals surface area contributed by atoms with Crippen LogP contribution < -0.4 is 20.7 Å². The van der Waals surface area contributed by atoms with Gasteiger partial charge in [0, 0.05) is 41.9 Å². The lowest BCUT2D eigenvalue weighted by molar-refractivity contribution is -0.139.